The molecule has 0 bridgehead atoms. The van der Waals surface area contributed by atoms with Crippen molar-refractivity contribution in [2.75, 3.05) is 13.7 Å². The van der Waals surface area contributed by atoms with Crippen molar-refractivity contribution < 1.29 is 27.4 Å². The summed E-state index contributed by atoms with van der Waals surface area (Å²) in [6, 6.07) is 10.7. The summed E-state index contributed by atoms with van der Waals surface area (Å²) in [5.74, 6) is 0.693. The van der Waals surface area contributed by atoms with Crippen LogP contribution in [0.25, 0.3) is 0 Å². The Morgan fingerprint density at radius 1 is 1.15 bits per heavy atom. The lowest BCUT2D eigenvalue weighted by molar-refractivity contribution is -0.132. The van der Waals surface area contributed by atoms with Crippen LogP contribution >= 0.6 is 0 Å². The van der Waals surface area contributed by atoms with Crippen molar-refractivity contribution in [3.05, 3.63) is 48.0 Å². The molecule has 9 heteroatoms. The molecule has 2 rings (SSSR count). The average molecular weight is 392 g/mol. The number of esters is 1. The van der Waals surface area contributed by atoms with Gasteiger partial charge < -0.3 is 14.2 Å². The molecule has 2 aromatic rings. The van der Waals surface area contributed by atoms with E-state index in [1.165, 1.54) is 38.4 Å². The number of nitrogens with zero attached hydrogens (tertiary/aromatic N) is 1. The molecule has 8 nitrogen and oxygen atoms in total. The number of rotatable bonds is 8. The minimum atomic E-state index is -3.81. The van der Waals surface area contributed by atoms with E-state index in [0.29, 0.717) is 23.7 Å². The fourth-order valence-corrected chi connectivity index (χ4v) is 2.90. The number of nitrogens with one attached hydrogen (secondary N) is 1. The molecule has 0 saturated carbocycles. The predicted molar refractivity (Wildman–Crippen MR) is 99.8 cm³/mol. The summed E-state index contributed by atoms with van der Waals surface area (Å²) in [6.45, 7) is 3.62. The fourth-order valence-electron chi connectivity index (χ4n) is 2.11. The molecule has 1 N–H and O–H groups in total. The van der Waals surface area contributed by atoms with E-state index in [1.54, 1.807) is 24.3 Å². The second-order valence-electron chi connectivity index (χ2n) is 5.26. The van der Waals surface area contributed by atoms with Crippen LogP contribution in [0, 0.1) is 0 Å². The van der Waals surface area contributed by atoms with E-state index in [-0.39, 0.29) is 10.6 Å². The van der Waals surface area contributed by atoms with E-state index < -0.39 is 16.0 Å². The van der Waals surface area contributed by atoms with Crippen molar-refractivity contribution in [2.45, 2.75) is 18.7 Å². The molecule has 0 heterocycles. The van der Waals surface area contributed by atoms with Gasteiger partial charge in [-0.2, -0.15) is 13.5 Å². The minimum absolute atomic E-state index is 0.0610. The van der Waals surface area contributed by atoms with Gasteiger partial charge >= 0.3 is 5.97 Å². The summed E-state index contributed by atoms with van der Waals surface area (Å²) in [6.07, 6.45) is 1.31. The van der Waals surface area contributed by atoms with Crippen LogP contribution in [0.2, 0.25) is 0 Å². The smallest absolute Gasteiger partial charge is 0.308 e. The van der Waals surface area contributed by atoms with Crippen molar-refractivity contribution in [2.24, 2.45) is 5.10 Å². The van der Waals surface area contributed by atoms with Gasteiger partial charge in [0.15, 0.2) is 11.5 Å². The summed E-state index contributed by atoms with van der Waals surface area (Å²) in [7, 11) is -2.38. The molecule has 0 saturated heterocycles. The molecular formula is C18H20N2O6S. The van der Waals surface area contributed by atoms with Gasteiger partial charge in [0, 0.05) is 6.92 Å². The van der Waals surface area contributed by atoms with Crippen molar-refractivity contribution in [3.8, 4) is 17.2 Å². The Morgan fingerprint density at radius 3 is 2.44 bits per heavy atom. The third kappa shape index (κ3) is 5.71. The maximum atomic E-state index is 12.2. The average Bonchev–Trinajstić information content (AvgIpc) is 2.63. The normalized spacial score (nSPS) is 11.2. The number of hydrazone groups is 1. The van der Waals surface area contributed by atoms with Gasteiger partial charge in [-0.05, 0) is 55.0 Å². The standard InChI is InChI=1S/C18H20N2O6S/c1-4-25-15-6-8-16(9-7-15)27(22,23)20-19-12-14-5-10-17(26-13(2)21)18(11-14)24-3/h5-12,20H,4H2,1-3H3/b19-12-. The monoisotopic (exact) mass is 392 g/mol. The van der Waals surface area contributed by atoms with E-state index in [9.17, 15) is 13.2 Å². The minimum Gasteiger partial charge on any atom is -0.494 e. The topological polar surface area (TPSA) is 103 Å². The van der Waals surface area contributed by atoms with E-state index in [2.05, 4.69) is 9.93 Å². The number of sulfonamides is 1. The quantitative estimate of drug-likeness (QED) is 0.320. The maximum Gasteiger partial charge on any atom is 0.308 e. The van der Waals surface area contributed by atoms with E-state index in [1.807, 2.05) is 6.92 Å². The summed E-state index contributed by atoms with van der Waals surface area (Å²) >= 11 is 0. The second kappa shape index (κ2) is 9.04. The molecule has 0 unspecified atom stereocenters. The lowest BCUT2D eigenvalue weighted by Gasteiger charge is -2.08. The summed E-state index contributed by atoms with van der Waals surface area (Å²) in [4.78, 5) is 13.2. The van der Waals surface area contributed by atoms with Crippen molar-refractivity contribution >= 4 is 22.2 Å². The van der Waals surface area contributed by atoms with Gasteiger partial charge in [-0.15, -0.1) is 0 Å². The van der Waals surface area contributed by atoms with E-state index in [0.717, 1.165) is 0 Å². The third-order valence-electron chi connectivity index (χ3n) is 3.27. The van der Waals surface area contributed by atoms with Gasteiger partial charge in [0.05, 0.1) is 24.8 Å². The van der Waals surface area contributed by atoms with Gasteiger partial charge in [0.25, 0.3) is 10.0 Å². The molecule has 0 aliphatic carbocycles. The van der Waals surface area contributed by atoms with Crippen LogP contribution in [0.5, 0.6) is 17.2 Å². The van der Waals surface area contributed by atoms with Crippen LogP contribution in [-0.4, -0.2) is 34.3 Å². The molecule has 0 aliphatic rings. The number of carbonyl (C=O) groups is 1. The van der Waals surface area contributed by atoms with Crippen LogP contribution < -0.4 is 19.0 Å². The number of methoxy groups -OCH3 is 1. The molecule has 0 fully saturated rings. The molecule has 0 aromatic heterocycles. The Labute approximate surface area is 157 Å². The summed E-state index contributed by atoms with van der Waals surface area (Å²) in [5.41, 5.74) is 0.553. The highest BCUT2D eigenvalue weighted by atomic mass is 32.2. The number of hydrogen-bond donors (Lipinski definition) is 1. The predicted octanol–water partition coefficient (Wildman–Crippen LogP) is 2.33. The molecule has 2 aromatic carbocycles. The largest absolute Gasteiger partial charge is 0.494 e. The van der Waals surface area contributed by atoms with Crippen LogP contribution in [0.15, 0.2) is 52.5 Å². The summed E-state index contributed by atoms with van der Waals surface area (Å²) < 4.78 is 39.9. The molecule has 0 aliphatic heterocycles. The van der Waals surface area contributed by atoms with E-state index >= 15 is 0 Å². The van der Waals surface area contributed by atoms with Gasteiger partial charge in [0.1, 0.15) is 5.75 Å². The Hall–Kier alpha value is -3.07. The SMILES string of the molecule is CCOc1ccc(S(=O)(=O)N/N=C\c2ccc(OC(C)=O)c(OC)c2)cc1. The second-order valence-corrected chi connectivity index (χ2v) is 6.92. The first-order valence-corrected chi connectivity index (χ1v) is 9.48. The van der Waals surface area contributed by atoms with Crippen LogP contribution in [0.4, 0.5) is 0 Å². The number of benzene rings is 2. The molecule has 0 amide bonds. The number of carbonyl (C=O) groups excluding carboxylic acids is 1. The zero-order valence-corrected chi connectivity index (χ0v) is 15.9. The zero-order chi connectivity index (χ0) is 19.9. The van der Waals surface area contributed by atoms with Gasteiger partial charge in [-0.1, -0.05) is 0 Å². The number of ether oxygens (including phenoxy) is 3. The Morgan fingerprint density at radius 2 is 1.85 bits per heavy atom. The van der Waals surface area contributed by atoms with Gasteiger partial charge in [-0.25, -0.2) is 4.83 Å². The van der Waals surface area contributed by atoms with Gasteiger partial charge in [-0.3, -0.25) is 4.79 Å². The van der Waals surface area contributed by atoms with E-state index in [4.69, 9.17) is 14.2 Å². The Kier molecular flexibility index (Phi) is 6.78. The lowest BCUT2D eigenvalue weighted by Crippen LogP contribution is -2.18. The first kappa shape index (κ1) is 20.2. The van der Waals surface area contributed by atoms with Crippen LogP contribution in [0.3, 0.4) is 0 Å². The fraction of sp³-hybridized carbons (Fsp3) is 0.222. The molecule has 0 spiro atoms. The molecule has 144 valence electrons. The molecular weight excluding hydrogens is 372 g/mol. The first-order valence-electron chi connectivity index (χ1n) is 8.00. The highest BCUT2D eigenvalue weighted by Gasteiger charge is 2.13. The zero-order valence-electron chi connectivity index (χ0n) is 15.1. The number of hydrogen-bond acceptors (Lipinski definition) is 7. The van der Waals surface area contributed by atoms with Crippen molar-refractivity contribution in [3.63, 3.8) is 0 Å². The third-order valence-corrected chi connectivity index (χ3v) is 4.51. The van der Waals surface area contributed by atoms with Crippen molar-refractivity contribution in [1.82, 2.24) is 4.83 Å². The summed E-state index contributed by atoms with van der Waals surface area (Å²) in [5, 5.41) is 3.76. The Balaban J connectivity index is 2.10. The highest BCUT2D eigenvalue weighted by Crippen LogP contribution is 2.27. The van der Waals surface area contributed by atoms with Crippen LogP contribution in [0.1, 0.15) is 19.4 Å². The van der Waals surface area contributed by atoms with Gasteiger partial charge in [0.2, 0.25) is 0 Å². The molecule has 0 atom stereocenters. The maximum absolute atomic E-state index is 12.2. The Bertz CT molecular complexity index is 923. The first-order chi connectivity index (χ1) is 12.9. The lowest BCUT2D eigenvalue weighted by atomic mass is 10.2. The van der Waals surface area contributed by atoms with Crippen molar-refractivity contribution in [1.29, 1.82) is 0 Å². The molecule has 0 radical (unpaired) electrons. The highest BCUT2D eigenvalue weighted by molar-refractivity contribution is 7.89. The van der Waals surface area contributed by atoms with Crippen LogP contribution in [-0.2, 0) is 14.8 Å². The molecule has 27 heavy (non-hydrogen) atoms.